The standard InChI is InChI=1S/C31H31F3N6O4S/c1-30(2,3)44-29(42)35-17-20-8-7-15-40(20)26-22(38-27(41)23-18-45-28(39-23)19-13-14-36-37-16-19)11-12-24(25(26)31(32,33)34)43-21-9-5-4-6-10-21/h4-6,9-14,16,18,20H,7-8,15,17H2,1-3H3,(H,35,42)(H,38,41)/t20-/m1/s1. The molecule has 0 bridgehead atoms. The summed E-state index contributed by atoms with van der Waals surface area (Å²) in [6.45, 7) is 5.43. The highest BCUT2D eigenvalue weighted by atomic mass is 32.1. The first-order chi connectivity index (χ1) is 21.4. The predicted molar refractivity (Wildman–Crippen MR) is 164 cm³/mol. The van der Waals surface area contributed by atoms with Gasteiger partial charge >= 0.3 is 12.3 Å². The Hall–Kier alpha value is -4.72. The van der Waals surface area contributed by atoms with E-state index in [9.17, 15) is 22.8 Å². The number of hydrogen-bond donors (Lipinski definition) is 2. The van der Waals surface area contributed by atoms with E-state index in [1.165, 1.54) is 41.2 Å². The molecule has 3 heterocycles. The molecular formula is C31H31F3N6O4S. The number of para-hydroxylation sites is 1. The average Bonchev–Trinajstić information content (AvgIpc) is 3.67. The number of halogens is 3. The summed E-state index contributed by atoms with van der Waals surface area (Å²) in [5, 5.41) is 14.9. The number of aromatic nitrogens is 3. The lowest BCUT2D eigenvalue weighted by Gasteiger charge is -2.32. The van der Waals surface area contributed by atoms with Crippen LogP contribution in [0.25, 0.3) is 10.6 Å². The Morgan fingerprint density at radius 3 is 2.53 bits per heavy atom. The van der Waals surface area contributed by atoms with E-state index in [4.69, 9.17) is 9.47 Å². The molecule has 0 radical (unpaired) electrons. The Balaban J connectivity index is 1.52. The Bertz CT molecular complexity index is 1640. The van der Waals surface area contributed by atoms with Crippen LogP contribution in [0.2, 0.25) is 0 Å². The van der Waals surface area contributed by atoms with Crippen LogP contribution < -0.4 is 20.3 Å². The number of alkyl halides is 3. The summed E-state index contributed by atoms with van der Waals surface area (Å²) >= 11 is 1.19. The van der Waals surface area contributed by atoms with Crippen molar-refractivity contribution in [3.05, 3.63) is 77.6 Å². The van der Waals surface area contributed by atoms with Gasteiger partial charge in [0, 0.05) is 30.1 Å². The zero-order valence-corrected chi connectivity index (χ0v) is 25.5. The van der Waals surface area contributed by atoms with E-state index in [-0.39, 0.29) is 35.9 Å². The van der Waals surface area contributed by atoms with E-state index in [1.807, 2.05) is 0 Å². The summed E-state index contributed by atoms with van der Waals surface area (Å²) in [4.78, 5) is 31.7. The maximum Gasteiger partial charge on any atom is 0.422 e. The SMILES string of the molecule is CC(C)(C)OC(=O)NC[C@H]1CCCN1c1c(NC(=O)c2csc(-c3ccnnc3)n2)ccc(Oc2ccccc2)c1C(F)(F)F. The maximum atomic E-state index is 15.0. The molecule has 14 heteroatoms. The third kappa shape index (κ3) is 7.87. The van der Waals surface area contributed by atoms with Crippen molar-refractivity contribution in [3.63, 3.8) is 0 Å². The van der Waals surface area contributed by atoms with Crippen molar-refractivity contribution in [2.24, 2.45) is 0 Å². The smallest absolute Gasteiger partial charge is 0.422 e. The molecule has 2 amide bonds. The lowest BCUT2D eigenvalue weighted by Crippen LogP contribution is -2.43. The van der Waals surface area contributed by atoms with Crippen LogP contribution in [0.5, 0.6) is 11.5 Å². The second-order valence-corrected chi connectivity index (χ2v) is 12.1. The van der Waals surface area contributed by atoms with Crippen LogP contribution >= 0.6 is 11.3 Å². The molecule has 0 unspecified atom stereocenters. The van der Waals surface area contributed by atoms with Crippen molar-refractivity contribution in [1.82, 2.24) is 20.5 Å². The maximum absolute atomic E-state index is 15.0. The van der Waals surface area contributed by atoms with Crippen molar-refractivity contribution in [2.75, 3.05) is 23.3 Å². The number of ether oxygens (including phenoxy) is 2. The summed E-state index contributed by atoms with van der Waals surface area (Å²) in [6, 6.07) is 11.9. The minimum Gasteiger partial charge on any atom is -0.457 e. The molecule has 5 rings (SSSR count). The number of thiazole rings is 1. The number of nitrogens with one attached hydrogen (secondary N) is 2. The number of alkyl carbamates (subject to hydrolysis) is 1. The summed E-state index contributed by atoms with van der Waals surface area (Å²) in [5.41, 5.74) is -1.44. The van der Waals surface area contributed by atoms with Crippen LogP contribution in [0.4, 0.5) is 29.3 Å². The number of rotatable bonds is 8. The van der Waals surface area contributed by atoms with Crippen LogP contribution in [0.15, 0.2) is 66.3 Å². The van der Waals surface area contributed by atoms with E-state index >= 15 is 0 Å². The van der Waals surface area contributed by atoms with Gasteiger partial charge in [-0.2, -0.15) is 23.4 Å². The van der Waals surface area contributed by atoms with E-state index in [0.29, 0.717) is 23.4 Å². The second-order valence-electron chi connectivity index (χ2n) is 11.2. The zero-order chi connectivity index (χ0) is 32.2. The molecule has 1 atom stereocenters. The quantitative estimate of drug-likeness (QED) is 0.208. The normalized spacial score (nSPS) is 15.1. The van der Waals surface area contributed by atoms with E-state index in [1.54, 1.807) is 62.1 Å². The molecule has 45 heavy (non-hydrogen) atoms. The van der Waals surface area contributed by atoms with Gasteiger partial charge in [-0.15, -0.1) is 11.3 Å². The van der Waals surface area contributed by atoms with Gasteiger partial charge in [0.05, 0.1) is 23.8 Å². The zero-order valence-electron chi connectivity index (χ0n) is 24.7. The Morgan fingerprint density at radius 2 is 1.84 bits per heavy atom. The monoisotopic (exact) mass is 640 g/mol. The van der Waals surface area contributed by atoms with Crippen molar-refractivity contribution in [3.8, 4) is 22.1 Å². The van der Waals surface area contributed by atoms with Crippen LogP contribution in [0.3, 0.4) is 0 Å². The number of amides is 2. The highest BCUT2D eigenvalue weighted by Crippen LogP contribution is 2.49. The molecule has 4 aromatic rings. The molecule has 236 valence electrons. The molecule has 2 aromatic heterocycles. The van der Waals surface area contributed by atoms with E-state index < -0.39 is 41.1 Å². The fourth-order valence-electron chi connectivity index (χ4n) is 4.92. The fraction of sp³-hybridized carbons (Fsp3) is 0.323. The third-order valence-electron chi connectivity index (χ3n) is 6.76. The van der Waals surface area contributed by atoms with Crippen molar-refractivity contribution >= 4 is 34.7 Å². The fourth-order valence-corrected chi connectivity index (χ4v) is 5.71. The first-order valence-electron chi connectivity index (χ1n) is 14.1. The van der Waals surface area contributed by atoms with Gasteiger partial charge in [0.15, 0.2) is 0 Å². The number of hydrogen-bond acceptors (Lipinski definition) is 9. The number of anilines is 2. The Morgan fingerprint density at radius 1 is 1.07 bits per heavy atom. The number of nitrogens with zero attached hydrogens (tertiary/aromatic N) is 4. The second kappa shape index (κ2) is 13.1. The minimum absolute atomic E-state index is 0.0266. The van der Waals surface area contributed by atoms with Gasteiger partial charge in [-0.1, -0.05) is 18.2 Å². The van der Waals surface area contributed by atoms with E-state index in [2.05, 4.69) is 25.8 Å². The van der Waals surface area contributed by atoms with Gasteiger partial charge in [-0.3, -0.25) is 4.79 Å². The molecule has 1 saturated heterocycles. The predicted octanol–water partition coefficient (Wildman–Crippen LogP) is 7.16. The van der Waals surface area contributed by atoms with Crippen LogP contribution in [-0.4, -0.2) is 51.9 Å². The highest BCUT2D eigenvalue weighted by molar-refractivity contribution is 7.13. The molecule has 10 nitrogen and oxygen atoms in total. The lowest BCUT2D eigenvalue weighted by molar-refractivity contribution is -0.138. The molecule has 1 aliphatic heterocycles. The van der Waals surface area contributed by atoms with E-state index in [0.717, 1.165) is 0 Å². The van der Waals surface area contributed by atoms with Crippen molar-refractivity contribution < 1.29 is 32.2 Å². The van der Waals surface area contributed by atoms with Crippen LogP contribution in [0, 0.1) is 0 Å². The minimum atomic E-state index is -4.87. The topological polar surface area (TPSA) is 119 Å². The molecular weight excluding hydrogens is 609 g/mol. The molecule has 0 saturated carbocycles. The average molecular weight is 641 g/mol. The van der Waals surface area contributed by atoms with Crippen molar-refractivity contribution in [2.45, 2.75) is 51.4 Å². The van der Waals surface area contributed by atoms with Gasteiger partial charge in [0.25, 0.3) is 5.91 Å². The number of carbonyl (C=O) groups excluding carboxylic acids is 2. The van der Waals surface area contributed by atoms with Gasteiger partial charge in [0.1, 0.15) is 33.4 Å². The number of carbonyl (C=O) groups is 2. The summed E-state index contributed by atoms with van der Waals surface area (Å²) in [5.74, 6) is -0.891. The van der Waals surface area contributed by atoms with Crippen LogP contribution in [-0.2, 0) is 10.9 Å². The first kappa shape index (κ1) is 31.7. The van der Waals surface area contributed by atoms with Crippen LogP contribution in [0.1, 0.15) is 49.7 Å². The summed E-state index contributed by atoms with van der Waals surface area (Å²) in [7, 11) is 0. The van der Waals surface area contributed by atoms with Gasteiger partial charge in [-0.05, 0) is 63.9 Å². The largest absolute Gasteiger partial charge is 0.457 e. The summed E-state index contributed by atoms with van der Waals surface area (Å²) < 4.78 is 56.1. The number of benzene rings is 2. The Kier molecular flexibility index (Phi) is 9.23. The van der Waals surface area contributed by atoms with Gasteiger partial charge in [-0.25, -0.2) is 9.78 Å². The molecule has 2 N–H and O–H groups in total. The molecule has 2 aromatic carbocycles. The van der Waals surface area contributed by atoms with Crippen molar-refractivity contribution in [1.29, 1.82) is 0 Å². The highest BCUT2D eigenvalue weighted by Gasteiger charge is 2.43. The third-order valence-corrected chi connectivity index (χ3v) is 7.65. The lowest BCUT2D eigenvalue weighted by atomic mass is 10.1. The Labute approximate surface area is 261 Å². The van der Waals surface area contributed by atoms with Gasteiger partial charge in [0.2, 0.25) is 0 Å². The van der Waals surface area contributed by atoms with Gasteiger partial charge < -0.3 is 25.0 Å². The molecule has 1 fully saturated rings. The molecule has 0 aliphatic carbocycles. The first-order valence-corrected chi connectivity index (χ1v) is 15.0. The molecule has 0 spiro atoms. The molecule has 1 aliphatic rings. The summed E-state index contributed by atoms with van der Waals surface area (Å²) in [6.07, 6.45) is -1.50.